The van der Waals surface area contributed by atoms with Gasteiger partial charge in [-0.25, -0.2) is 9.97 Å². The standard InChI is InChI=1S/C22H17N3O4S2/c1-12-16(24-20(29-12)17-8-5-9-30-17)11-28-19-14(18-21(26)25(2)22(27)31-18)10-13-6-3-4-7-15(13)23-19/h3-10,18H,11H2,1-2H3. The zero-order valence-electron chi connectivity index (χ0n) is 16.7. The van der Waals surface area contributed by atoms with Crippen molar-refractivity contribution in [2.45, 2.75) is 18.8 Å². The Morgan fingerprint density at radius 3 is 2.74 bits per heavy atom. The molecule has 0 N–H and O–H groups in total. The molecule has 1 saturated heterocycles. The third-order valence-corrected chi connectivity index (χ3v) is 7.04. The summed E-state index contributed by atoms with van der Waals surface area (Å²) in [5, 5.41) is 1.86. The van der Waals surface area contributed by atoms with Crippen molar-refractivity contribution in [2.24, 2.45) is 0 Å². The maximum atomic E-state index is 12.6. The molecule has 2 amide bonds. The summed E-state index contributed by atoms with van der Waals surface area (Å²) in [5.74, 6) is 1.24. The van der Waals surface area contributed by atoms with Gasteiger partial charge in [-0.15, -0.1) is 11.3 Å². The number of imide groups is 1. The topological polar surface area (TPSA) is 85.5 Å². The molecule has 1 aromatic carbocycles. The monoisotopic (exact) mass is 451 g/mol. The number of fused-ring (bicyclic) bond motifs is 1. The van der Waals surface area contributed by atoms with Gasteiger partial charge in [0, 0.05) is 18.0 Å². The van der Waals surface area contributed by atoms with Crippen LogP contribution in [0.5, 0.6) is 5.88 Å². The number of carbonyl (C=O) groups excluding carboxylic acids is 2. The van der Waals surface area contributed by atoms with Crippen molar-refractivity contribution in [3.63, 3.8) is 0 Å². The zero-order valence-corrected chi connectivity index (χ0v) is 18.3. The van der Waals surface area contributed by atoms with E-state index in [4.69, 9.17) is 9.15 Å². The molecule has 3 aromatic heterocycles. The lowest BCUT2D eigenvalue weighted by Gasteiger charge is -2.14. The molecule has 156 valence electrons. The lowest BCUT2D eigenvalue weighted by molar-refractivity contribution is -0.125. The Labute approximate surface area is 186 Å². The number of thioether (sulfide) groups is 1. The predicted octanol–water partition coefficient (Wildman–Crippen LogP) is 5.21. The molecular formula is C22H17N3O4S2. The molecule has 0 saturated carbocycles. The van der Waals surface area contributed by atoms with E-state index in [1.807, 2.05) is 54.8 Å². The maximum absolute atomic E-state index is 12.6. The summed E-state index contributed by atoms with van der Waals surface area (Å²) in [6.45, 7) is 1.97. The number of benzene rings is 1. The van der Waals surface area contributed by atoms with Crippen molar-refractivity contribution in [3.8, 4) is 16.6 Å². The van der Waals surface area contributed by atoms with E-state index < -0.39 is 5.25 Å². The number of pyridine rings is 1. The van der Waals surface area contributed by atoms with E-state index in [2.05, 4.69) is 9.97 Å². The van der Waals surface area contributed by atoms with Gasteiger partial charge in [0.05, 0.1) is 10.4 Å². The van der Waals surface area contributed by atoms with Gasteiger partial charge in [0.2, 0.25) is 17.7 Å². The fourth-order valence-electron chi connectivity index (χ4n) is 3.32. The van der Waals surface area contributed by atoms with Gasteiger partial charge >= 0.3 is 0 Å². The van der Waals surface area contributed by atoms with Gasteiger partial charge < -0.3 is 9.15 Å². The highest BCUT2D eigenvalue weighted by Crippen LogP contribution is 2.43. The Bertz CT molecular complexity index is 1300. The van der Waals surface area contributed by atoms with E-state index in [1.165, 1.54) is 7.05 Å². The van der Waals surface area contributed by atoms with Crippen LogP contribution >= 0.6 is 23.1 Å². The summed E-state index contributed by atoms with van der Waals surface area (Å²) in [4.78, 5) is 36.0. The smallest absolute Gasteiger partial charge is 0.289 e. The number of oxazole rings is 1. The molecular weight excluding hydrogens is 434 g/mol. The Morgan fingerprint density at radius 2 is 2.00 bits per heavy atom. The van der Waals surface area contributed by atoms with Crippen LogP contribution < -0.4 is 4.74 Å². The summed E-state index contributed by atoms with van der Waals surface area (Å²) >= 11 is 2.52. The van der Waals surface area contributed by atoms with Crippen molar-refractivity contribution in [1.82, 2.24) is 14.9 Å². The molecule has 0 bridgehead atoms. The number of aromatic nitrogens is 2. The van der Waals surface area contributed by atoms with Crippen LogP contribution in [0.2, 0.25) is 0 Å². The highest BCUT2D eigenvalue weighted by Gasteiger charge is 2.40. The molecule has 1 aliphatic rings. The Morgan fingerprint density at radius 1 is 1.16 bits per heavy atom. The molecule has 1 fully saturated rings. The lowest BCUT2D eigenvalue weighted by Crippen LogP contribution is -2.24. The van der Waals surface area contributed by atoms with Crippen LogP contribution in [0.1, 0.15) is 22.3 Å². The molecule has 0 radical (unpaired) electrons. The number of ether oxygens (including phenoxy) is 1. The van der Waals surface area contributed by atoms with Crippen molar-refractivity contribution >= 4 is 45.1 Å². The third kappa shape index (κ3) is 3.60. The average Bonchev–Trinajstić information content (AvgIpc) is 3.49. The first-order valence-electron chi connectivity index (χ1n) is 9.52. The molecule has 9 heteroatoms. The Kier molecular flexibility index (Phi) is 4.99. The van der Waals surface area contributed by atoms with E-state index in [0.717, 1.165) is 32.4 Å². The number of carbonyl (C=O) groups is 2. The molecule has 1 aliphatic heterocycles. The largest absolute Gasteiger partial charge is 0.471 e. The van der Waals surface area contributed by atoms with Crippen LogP contribution in [-0.2, 0) is 11.4 Å². The SMILES string of the molecule is Cc1oc(-c2cccs2)nc1COc1nc2ccccc2cc1C1SC(=O)N(C)C1=O. The van der Waals surface area contributed by atoms with E-state index in [9.17, 15) is 9.59 Å². The number of hydrogen-bond acceptors (Lipinski definition) is 8. The summed E-state index contributed by atoms with van der Waals surface area (Å²) in [5.41, 5.74) is 1.97. The van der Waals surface area contributed by atoms with E-state index in [1.54, 1.807) is 11.3 Å². The van der Waals surface area contributed by atoms with Crippen LogP contribution in [-0.4, -0.2) is 33.1 Å². The van der Waals surface area contributed by atoms with Crippen molar-refractivity contribution in [1.29, 1.82) is 0 Å². The second-order valence-corrected chi connectivity index (χ2v) is 9.03. The van der Waals surface area contributed by atoms with Gasteiger partial charge in [0.15, 0.2) is 0 Å². The molecule has 31 heavy (non-hydrogen) atoms. The molecule has 5 rings (SSSR count). The first-order chi connectivity index (χ1) is 15.0. The summed E-state index contributed by atoms with van der Waals surface area (Å²) in [6, 6.07) is 13.3. The predicted molar refractivity (Wildman–Crippen MR) is 119 cm³/mol. The van der Waals surface area contributed by atoms with Crippen LogP contribution in [0.25, 0.3) is 21.7 Å². The minimum absolute atomic E-state index is 0.133. The first kappa shape index (κ1) is 19.8. The number of nitrogens with zero attached hydrogens (tertiary/aromatic N) is 3. The molecule has 4 heterocycles. The van der Waals surface area contributed by atoms with Gasteiger partial charge in [-0.05, 0) is 42.3 Å². The van der Waals surface area contributed by atoms with Crippen LogP contribution in [0, 0.1) is 6.92 Å². The minimum Gasteiger partial charge on any atom is -0.471 e. The summed E-state index contributed by atoms with van der Waals surface area (Å²) < 4.78 is 11.8. The number of aryl methyl sites for hydroxylation is 1. The molecule has 7 nitrogen and oxygen atoms in total. The first-order valence-corrected chi connectivity index (χ1v) is 11.3. The maximum Gasteiger partial charge on any atom is 0.289 e. The highest BCUT2D eigenvalue weighted by molar-refractivity contribution is 8.15. The van der Waals surface area contributed by atoms with Crippen LogP contribution in [0.15, 0.2) is 52.3 Å². The van der Waals surface area contributed by atoms with Gasteiger partial charge in [0.1, 0.15) is 23.3 Å². The van der Waals surface area contributed by atoms with E-state index in [-0.39, 0.29) is 17.8 Å². The van der Waals surface area contributed by atoms with Crippen molar-refractivity contribution < 1.29 is 18.7 Å². The highest BCUT2D eigenvalue weighted by atomic mass is 32.2. The van der Waals surface area contributed by atoms with Gasteiger partial charge in [-0.2, -0.15) is 0 Å². The number of para-hydroxylation sites is 1. The fourth-order valence-corrected chi connectivity index (χ4v) is 4.97. The number of thiophene rings is 1. The molecule has 1 atom stereocenters. The summed E-state index contributed by atoms with van der Waals surface area (Å²) in [6.07, 6.45) is 0. The Balaban J connectivity index is 1.49. The molecule has 0 spiro atoms. The number of amides is 2. The van der Waals surface area contributed by atoms with Crippen molar-refractivity contribution in [3.05, 3.63) is 64.9 Å². The average molecular weight is 452 g/mol. The minimum atomic E-state index is -0.690. The molecule has 4 aromatic rings. The second-order valence-electron chi connectivity index (χ2n) is 7.02. The van der Waals surface area contributed by atoms with Gasteiger partial charge in [-0.3, -0.25) is 14.5 Å². The normalized spacial score (nSPS) is 16.5. The number of likely N-dealkylation sites (N-methyl/N-ethyl adjacent to an activating group) is 1. The summed E-state index contributed by atoms with van der Waals surface area (Å²) in [7, 11) is 1.48. The third-order valence-electron chi connectivity index (χ3n) is 5.02. The fraction of sp³-hybridized carbons (Fsp3) is 0.182. The number of hydrogen-bond donors (Lipinski definition) is 0. The number of rotatable bonds is 5. The zero-order chi connectivity index (χ0) is 21.5. The van der Waals surface area contributed by atoms with Crippen molar-refractivity contribution in [2.75, 3.05) is 7.05 Å². The second kappa shape index (κ2) is 7.82. The quantitative estimate of drug-likeness (QED) is 0.412. The van der Waals surface area contributed by atoms with Gasteiger partial charge in [-0.1, -0.05) is 24.3 Å². The van der Waals surface area contributed by atoms with Crippen LogP contribution in [0.4, 0.5) is 4.79 Å². The lowest BCUT2D eigenvalue weighted by atomic mass is 10.1. The molecule has 1 unspecified atom stereocenters. The van der Waals surface area contributed by atoms with E-state index in [0.29, 0.717) is 28.8 Å². The van der Waals surface area contributed by atoms with E-state index >= 15 is 0 Å². The van der Waals surface area contributed by atoms with Gasteiger partial charge in [0.25, 0.3) is 5.24 Å². The Hall–Kier alpha value is -3.17. The van der Waals surface area contributed by atoms with Crippen LogP contribution in [0.3, 0.4) is 0 Å². The molecule has 0 aliphatic carbocycles.